The van der Waals surface area contributed by atoms with Gasteiger partial charge in [0.2, 0.25) is 0 Å². The summed E-state index contributed by atoms with van der Waals surface area (Å²) < 4.78 is 22.1. The first-order valence-electron chi connectivity index (χ1n) is 20.1. The van der Waals surface area contributed by atoms with Gasteiger partial charge >= 0.3 is 11.9 Å². The highest BCUT2D eigenvalue weighted by atomic mass is 16.7. The predicted molar refractivity (Wildman–Crippen MR) is 201 cm³/mol. The summed E-state index contributed by atoms with van der Waals surface area (Å²) >= 11 is 0. The molecule has 0 amide bonds. The van der Waals surface area contributed by atoms with Crippen LogP contribution in [0.1, 0.15) is 155 Å². The first-order valence-corrected chi connectivity index (χ1v) is 20.1. The average molecular weight is 725 g/mol. The molecular weight excluding hydrogens is 652 g/mol. The van der Waals surface area contributed by atoms with Gasteiger partial charge in [0.15, 0.2) is 12.4 Å². The number of allylic oxidation sites excluding steroid dienone is 6. The van der Waals surface area contributed by atoms with Gasteiger partial charge in [0.25, 0.3) is 0 Å². The van der Waals surface area contributed by atoms with Crippen LogP contribution in [0.5, 0.6) is 0 Å². The third kappa shape index (κ3) is 24.7. The number of aliphatic hydroxyl groups excluding tert-OH is 4. The first kappa shape index (κ1) is 46.9. The molecule has 10 heteroatoms. The lowest BCUT2D eigenvalue weighted by Gasteiger charge is -2.39. The van der Waals surface area contributed by atoms with Crippen molar-refractivity contribution < 1.29 is 49.0 Å². The molecule has 296 valence electrons. The van der Waals surface area contributed by atoms with E-state index in [1.54, 1.807) is 0 Å². The summed E-state index contributed by atoms with van der Waals surface area (Å²) in [4.78, 5) is 25.2. The molecule has 1 rings (SSSR count). The fraction of sp³-hybridized carbons (Fsp3) is 0.805. The van der Waals surface area contributed by atoms with Crippen molar-refractivity contribution in [2.45, 2.75) is 192 Å². The maximum absolute atomic E-state index is 12.7. The Balaban J connectivity index is 2.40. The Morgan fingerprint density at radius 2 is 1.16 bits per heavy atom. The Hall–Kier alpha value is -2.08. The zero-order valence-electron chi connectivity index (χ0n) is 31.8. The van der Waals surface area contributed by atoms with Crippen molar-refractivity contribution in [1.82, 2.24) is 0 Å². The predicted octanol–water partition coefficient (Wildman–Crippen LogP) is 7.55. The number of carbonyl (C=O) groups excluding carboxylic acids is 2. The third-order valence-corrected chi connectivity index (χ3v) is 9.04. The van der Waals surface area contributed by atoms with Crippen molar-refractivity contribution in [3.05, 3.63) is 36.5 Å². The number of aliphatic hydroxyl groups is 4. The second kappa shape index (κ2) is 32.6. The van der Waals surface area contributed by atoms with Gasteiger partial charge in [0.1, 0.15) is 31.0 Å². The molecule has 1 fully saturated rings. The molecule has 0 bridgehead atoms. The van der Waals surface area contributed by atoms with Crippen LogP contribution in [0.4, 0.5) is 0 Å². The molecule has 1 heterocycles. The Morgan fingerprint density at radius 1 is 0.627 bits per heavy atom. The summed E-state index contributed by atoms with van der Waals surface area (Å²) in [6.45, 7) is 3.27. The van der Waals surface area contributed by atoms with Gasteiger partial charge in [0, 0.05) is 12.8 Å². The minimum absolute atomic E-state index is 0.211. The van der Waals surface area contributed by atoms with Crippen LogP contribution in [-0.4, -0.2) is 89.0 Å². The number of hydrogen-bond donors (Lipinski definition) is 4. The van der Waals surface area contributed by atoms with Crippen molar-refractivity contribution in [2.24, 2.45) is 0 Å². The fourth-order valence-corrected chi connectivity index (χ4v) is 5.85. The molecule has 0 saturated carbocycles. The quantitative estimate of drug-likeness (QED) is 0.0311. The smallest absolute Gasteiger partial charge is 0.306 e. The molecular formula is C41H72O10. The van der Waals surface area contributed by atoms with Crippen LogP contribution in [0, 0.1) is 0 Å². The topological polar surface area (TPSA) is 152 Å². The summed E-state index contributed by atoms with van der Waals surface area (Å²) in [7, 11) is 0. The molecule has 0 aliphatic carbocycles. The van der Waals surface area contributed by atoms with Gasteiger partial charge < -0.3 is 39.4 Å². The molecule has 0 radical (unpaired) electrons. The van der Waals surface area contributed by atoms with Crippen molar-refractivity contribution in [3.63, 3.8) is 0 Å². The molecule has 2 unspecified atom stereocenters. The van der Waals surface area contributed by atoms with Crippen LogP contribution in [0.3, 0.4) is 0 Å². The minimum atomic E-state index is -1.60. The summed E-state index contributed by atoms with van der Waals surface area (Å²) in [6.07, 6.45) is 27.2. The SMILES string of the molecule is CC/C=C/C/C=C/C/C=C/CCCCCCCC(=O)O[C@H](COC(=O)CCCCCCCCCCCCC)CO[C@@H]1O[C@H](CO)[C@H](O)C(O)C1O. The highest BCUT2D eigenvalue weighted by Crippen LogP contribution is 2.22. The van der Waals surface area contributed by atoms with Crippen LogP contribution < -0.4 is 0 Å². The highest BCUT2D eigenvalue weighted by molar-refractivity contribution is 5.70. The Morgan fingerprint density at radius 3 is 1.75 bits per heavy atom. The molecule has 0 aromatic heterocycles. The molecule has 0 spiro atoms. The lowest BCUT2D eigenvalue weighted by Crippen LogP contribution is -2.59. The van der Waals surface area contributed by atoms with Gasteiger partial charge in [-0.25, -0.2) is 0 Å². The van der Waals surface area contributed by atoms with Crippen LogP contribution in [0.25, 0.3) is 0 Å². The van der Waals surface area contributed by atoms with Gasteiger partial charge in [-0.2, -0.15) is 0 Å². The van der Waals surface area contributed by atoms with E-state index in [0.717, 1.165) is 70.6 Å². The van der Waals surface area contributed by atoms with E-state index >= 15 is 0 Å². The third-order valence-electron chi connectivity index (χ3n) is 9.04. The van der Waals surface area contributed by atoms with Crippen LogP contribution >= 0.6 is 0 Å². The second-order valence-electron chi connectivity index (χ2n) is 13.7. The van der Waals surface area contributed by atoms with Crippen molar-refractivity contribution >= 4 is 11.9 Å². The Bertz CT molecular complexity index is 933. The van der Waals surface area contributed by atoms with Gasteiger partial charge in [0.05, 0.1) is 13.2 Å². The fourth-order valence-electron chi connectivity index (χ4n) is 5.85. The first-order chi connectivity index (χ1) is 24.8. The monoisotopic (exact) mass is 725 g/mol. The van der Waals surface area contributed by atoms with E-state index in [1.807, 2.05) is 0 Å². The van der Waals surface area contributed by atoms with E-state index in [0.29, 0.717) is 6.42 Å². The zero-order chi connectivity index (χ0) is 37.4. The molecule has 6 atom stereocenters. The van der Waals surface area contributed by atoms with Crippen molar-refractivity contribution in [1.29, 1.82) is 0 Å². The number of unbranched alkanes of at least 4 members (excludes halogenated alkanes) is 15. The van der Waals surface area contributed by atoms with Gasteiger partial charge in [-0.15, -0.1) is 0 Å². The lowest BCUT2D eigenvalue weighted by atomic mass is 9.99. The zero-order valence-corrected chi connectivity index (χ0v) is 31.8. The van der Waals surface area contributed by atoms with Crippen molar-refractivity contribution in [3.8, 4) is 0 Å². The summed E-state index contributed by atoms with van der Waals surface area (Å²) in [5.41, 5.74) is 0. The van der Waals surface area contributed by atoms with Gasteiger partial charge in [-0.05, 0) is 44.9 Å². The van der Waals surface area contributed by atoms with E-state index in [9.17, 15) is 30.0 Å². The Kier molecular flexibility index (Phi) is 30.0. The lowest BCUT2D eigenvalue weighted by molar-refractivity contribution is -0.305. The summed E-state index contributed by atoms with van der Waals surface area (Å²) in [5, 5.41) is 39.9. The number of esters is 2. The number of ether oxygens (including phenoxy) is 4. The maximum Gasteiger partial charge on any atom is 0.306 e. The van der Waals surface area contributed by atoms with Gasteiger partial charge in [-0.1, -0.05) is 134 Å². The Labute approximate surface area is 308 Å². The second-order valence-corrected chi connectivity index (χ2v) is 13.7. The van der Waals surface area contributed by atoms with Crippen LogP contribution in [0.2, 0.25) is 0 Å². The van der Waals surface area contributed by atoms with E-state index in [2.05, 4.69) is 50.3 Å². The van der Waals surface area contributed by atoms with E-state index in [4.69, 9.17) is 18.9 Å². The highest BCUT2D eigenvalue weighted by Gasteiger charge is 2.44. The number of rotatable bonds is 32. The average Bonchev–Trinajstić information content (AvgIpc) is 3.13. The molecule has 1 aliphatic heterocycles. The standard InChI is InChI=1S/C41H72O10/c1-3-5-7-9-11-13-15-16-17-18-20-22-24-26-28-30-37(44)50-34(33-49-41-40(47)39(46)38(45)35(31-42)51-41)32-48-36(43)29-27-25-23-21-19-14-12-10-8-6-4-2/h5,7,11,13,16-17,34-35,38-42,45-47H,3-4,6,8-10,12,14-15,18-33H2,1-2H3/b7-5+,13-11+,17-16+/t34-,35-,38+,39?,40?,41-/m1/s1. The molecule has 51 heavy (non-hydrogen) atoms. The molecule has 1 saturated heterocycles. The molecule has 4 N–H and O–H groups in total. The number of hydrogen-bond acceptors (Lipinski definition) is 10. The maximum atomic E-state index is 12.7. The molecule has 1 aliphatic rings. The van der Waals surface area contributed by atoms with Crippen LogP contribution in [0.15, 0.2) is 36.5 Å². The molecule has 0 aromatic carbocycles. The normalized spacial score (nSPS) is 21.6. The summed E-state index contributed by atoms with van der Waals surface area (Å²) in [6, 6.07) is 0. The minimum Gasteiger partial charge on any atom is -0.462 e. The van der Waals surface area contributed by atoms with Gasteiger partial charge in [-0.3, -0.25) is 9.59 Å². The van der Waals surface area contributed by atoms with E-state index in [1.165, 1.54) is 51.4 Å². The van der Waals surface area contributed by atoms with E-state index in [-0.39, 0.29) is 32.0 Å². The number of carbonyl (C=O) groups is 2. The van der Waals surface area contributed by atoms with E-state index < -0.39 is 49.4 Å². The van der Waals surface area contributed by atoms with Crippen LogP contribution in [-0.2, 0) is 28.5 Å². The molecule has 0 aromatic rings. The summed E-state index contributed by atoms with van der Waals surface area (Å²) in [5.74, 6) is -0.828. The molecule has 10 nitrogen and oxygen atoms in total. The van der Waals surface area contributed by atoms with Crippen molar-refractivity contribution in [2.75, 3.05) is 19.8 Å². The largest absolute Gasteiger partial charge is 0.462 e.